The zero-order valence-corrected chi connectivity index (χ0v) is 16.9. The van der Waals surface area contributed by atoms with E-state index in [2.05, 4.69) is 0 Å². The van der Waals surface area contributed by atoms with Gasteiger partial charge in [-0.1, -0.05) is 18.2 Å². The second-order valence-electron chi connectivity index (χ2n) is 7.27. The molecule has 1 heterocycles. The molecule has 0 spiro atoms. The van der Waals surface area contributed by atoms with Crippen molar-refractivity contribution in [1.82, 2.24) is 4.57 Å². The summed E-state index contributed by atoms with van der Waals surface area (Å²) in [7, 11) is 0. The number of aryl methyl sites for hydroxylation is 3. The fraction of sp³-hybridized carbons (Fsp3) is 0.208. The first kappa shape index (κ1) is 21.0. The number of carboxylic acids is 2. The summed E-state index contributed by atoms with van der Waals surface area (Å²) in [6, 6.07) is 15.2. The number of ketones is 1. The minimum atomic E-state index is -1.05. The Labute approximate surface area is 174 Å². The first-order chi connectivity index (χ1) is 14.3. The van der Waals surface area contributed by atoms with Gasteiger partial charge in [0, 0.05) is 23.4 Å². The quantitative estimate of drug-likeness (QED) is 0.530. The molecule has 1 aromatic heterocycles. The molecule has 0 saturated heterocycles. The summed E-state index contributed by atoms with van der Waals surface area (Å²) in [5, 5.41) is 18.6. The Morgan fingerprint density at radius 1 is 0.833 bits per heavy atom. The van der Waals surface area contributed by atoms with Crippen LogP contribution < -0.4 is 0 Å². The van der Waals surface area contributed by atoms with Crippen LogP contribution in [0.1, 0.15) is 60.9 Å². The van der Waals surface area contributed by atoms with E-state index in [0.717, 1.165) is 17.0 Å². The fourth-order valence-corrected chi connectivity index (χ4v) is 3.58. The summed E-state index contributed by atoms with van der Waals surface area (Å²) >= 11 is 0. The van der Waals surface area contributed by atoms with Crippen LogP contribution in [-0.4, -0.2) is 32.5 Å². The van der Waals surface area contributed by atoms with Gasteiger partial charge in [0.05, 0.1) is 16.8 Å². The van der Waals surface area contributed by atoms with Crippen molar-refractivity contribution in [2.24, 2.45) is 0 Å². The van der Waals surface area contributed by atoms with Crippen LogP contribution in [-0.2, 0) is 6.42 Å². The average molecular weight is 405 g/mol. The fourth-order valence-electron chi connectivity index (χ4n) is 3.58. The van der Waals surface area contributed by atoms with Gasteiger partial charge in [-0.2, -0.15) is 0 Å². The summed E-state index contributed by atoms with van der Waals surface area (Å²) in [4.78, 5) is 35.5. The Kier molecular flexibility index (Phi) is 6.16. The molecule has 0 bridgehead atoms. The Hall–Kier alpha value is -3.67. The molecular weight excluding hydrogens is 382 g/mol. The largest absolute Gasteiger partial charge is 0.478 e. The molecule has 6 nitrogen and oxygen atoms in total. The third kappa shape index (κ3) is 4.49. The van der Waals surface area contributed by atoms with E-state index in [9.17, 15) is 19.5 Å². The van der Waals surface area contributed by atoms with Crippen LogP contribution in [0.2, 0.25) is 0 Å². The first-order valence-corrected chi connectivity index (χ1v) is 9.66. The van der Waals surface area contributed by atoms with Gasteiger partial charge in [0.1, 0.15) is 0 Å². The predicted octanol–water partition coefficient (Wildman–Crippen LogP) is 4.70. The monoisotopic (exact) mass is 405 g/mol. The highest BCUT2D eigenvalue weighted by Gasteiger charge is 2.17. The van der Waals surface area contributed by atoms with E-state index in [1.54, 1.807) is 24.3 Å². The summed E-state index contributed by atoms with van der Waals surface area (Å²) in [5.41, 5.74) is 3.94. The van der Waals surface area contributed by atoms with Crippen molar-refractivity contribution in [3.8, 4) is 5.69 Å². The van der Waals surface area contributed by atoms with Crippen molar-refractivity contribution in [2.75, 3.05) is 0 Å². The van der Waals surface area contributed by atoms with Gasteiger partial charge >= 0.3 is 11.9 Å². The van der Waals surface area contributed by atoms with Crippen molar-refractivity contribution in [3.05, 3.63) is 88.2 Å². The van der Waals surface area contributed by atoms with Crippen molar-refractivity contribution in [1.29, 1.82) is 0 Å². The van der Waals surface area contributed by atoms with Gasteiger partial charge in [-0.3, -0.25) is 4.79 Å². The molecule has 154 valence electrons. The molecule has 0 saturated carbocycles. The lowest BCUT2D eigenvalue weighted by atomic mass is 9.99. The summed E-state index contributed by atoms with van der Waals surface area (Å²) in [5.74, 6) is -2.10. The molecule has 2 aromatic carbocycles. The number of aromatic nitrogens is 1. The van der Waals surface area contributed by atoms with E-state index in [1.807, 2.05) is 36.6 Å². The second kappa shape index (κ2) is 8.78. The standard InChI is InChI=1S/C24H23NO5/c1-15-9-10-16(2)25(15)21-14-18(11-12-20(21)24(29)30)22(26)8-4-6-17-5-3-7-19(13-17)23(27)28/h3,5,7,9-14H,4,6,8H2,1-2H3,(H,27,28)(H,29,30). The number of hydrogen-bond donors (Lipinski definition) is 2. The molecule has 0 unspecified atom stereocenters. The lowest BCUT2D eigenvalue weighted by molar-refractivity contribution is 0.0686. The molecule has 0 radical (unpaired) electrons. The van der Waals surface area contributed by atoms with Crippen LogP contribution in [0, 0.1) is 13.8 Å². The van der Waals surface area contributed by atoms with Crippen LogP contribution in [0.4, 0.5) is 0 Å². The Balaban J connectivity index is 1.78. The minimum absolute atomic E-state index is 0.0787. The second-order valence-corrected chi connectivity index (χ2v) is 7.27. The zero-order chi connectivity index (χ0) is 21.8. The maximum Gasteiger partial charge on any atom is 0.337 e. The van der Waals surface area contributed by atoms with Crippen molar-refractivity contribution < 1.29 is 24.6 Å². The third-order valence-corrected chi connectivity index (χ3v) is 5.11. The van der Waals surface area contributed by atoms with Crippen LogP contribution in [0.3, 0.4) is 0 Å². The highest BCUT2D eigenvalue weighted by molar-refractivity contribution is 5.99. The Morgan fingerprint density at radius 3 is 2.17 bits per heavy atom. The van der Waals surface area contributed by atoms with Gasteiger partial charge in [0.2, 0.25) is 0 Å². The third-order valence-electron chi connectivity index (χ3n) is 5.11. The lowest BCUT2D eigenvalue weighted by Gasteiger charge is -2.14. The highest BCUT2D eigenvalue weighted by atomic mass is 16.4. The van der Waals surface area contributed by atoms with E-state index in [1.165, 1.54) is 12.1 Å². The van der Waals surface area contributed by atoms with E-state index in [-0.39, 0.29) is 23.3 Å². The topological polar surface area (TPSA) is 96.6 Å². The van der Waals surface area contributed by atoms with Crippen LogP contribution in [0.15, 0.2) is 54.6 Å². The molecule has 0 fully saturated rings. The van der Waals surface area contributed by atoms with Gasteiger partial charge in [0.25, 0.3) is 0 Å². The number of nitrogens with zero attached hydrogens (tertiary/aromatic N) is 1. The molecule has 0 amide bonds. The van der Waals surface area contributed by atoms with Crippen molar-refractivity contribution in [2.45, 2.75) is 33.1 Å². The van der Waals surface area contributed by atoms with E-state index >= 15 is 0 Å². The van der Waals surface area contributed by atoms with Crippen molar-refractivity contribution in [3.63, 3.8) is 0 Å². The maximum atomic E-state index is 12.7. The normalized spacial score (nSPS) is 10.7. The predicted molar refractivity (Wildman–Crippen MR) is 113 cm³/mol. The molecule has 0 aliphatic heterocycles. The molecule has 30 heavy (non-hydrogen) atoms. The molecular formula is C24H23NO5. The number of hydrogen-bond acceptors (Lipinski definition) is 3. The first-order valence-electron chi connectivity index (χ1n) is 9.66. The number of carbonyl (C=O) groups excluding carboxylic acids is 1. The summed E-state index contributed by atoms with van der Waals surface area (Å²) < 4.78 is 1.83. The van der Waals surface area contributed by atoms with Gasteiger partial charge in [-0.25, -0.2) is 9.59 Å². The molecule has 3 rings (SSSR count). The number of carboxylic acid groups (broad SMARTS) is 2. The minimum Gasteiger partial charge on any atom is -0.478 e. The number of aromatic carboxylic acids is 2. The average Bonchev–Trinajstić information content (AvgIpc) is 3.05. The lowest BCUT2D eigenvalue weighted by Crippen LogP contribution is -2.10. The smallest absolute Gasteiger partial charge is 0.337 e. The number of benzene rings is 2. The molecule has 3 aromatic rings. The SMILES string of the molecule is Cc1ccc(C)n1-c1cc(C(=O)CCCc2cccc(C(=O)O)c2)ccc1C(=O)O. The van der Waals surface area contributed by atoms with E-state index in [4.69, 9.17) is 5.11 Å². The van der Waals surface area contributed by atoms with Gasteiger partial charge in [-0.05, 0) is 68.7 Å². The van der Waals surface area contributed by atoms with Gasteiger partial charge in [-0.15, -0.1) is 0 Å². The van der Waals surface area contributed by atoms with Gasteiger partial charge in [0.15, 0.2) is 5.78 Å². The Morgan fingerprint density at radius 2 is 1.53 bits per heavy atom. The van der Waals surface area contributed by atoms with Crippen molar-refractivity contribution >= 4 is 17.7 Å². The van der Waals surface area contributed by atoms with Crippen LogP contribution in [0.5, 0.6) is 0 Å². The number of carbonyl (C=O) groups is 3. The van der Waals surface area contributed by atoms with Gasteiger partial charge < -0.3 is 14.8 Å². The van der Waals surface area contributed by atoms with Crippen LogP contribution in [0.25, 0.3) is 5.69 Å². The molecule has 2 N–H and O–H groups in total. The molecule has 0 aliphatic carbocycles. The maximum absolute atomic E-state index is 12.7. The zero-order valence-electron chi connectivity index (χ0n) is 16.9. The number of Topliss-reactive ketones (excluding diaryl/α,β-unsaturated/α-hetero) is 1. The number of rotatable bonds is 8. The van der Waals surface area contributed by atoms with E-state index in [0.29, 0.717) is 24.1 Å². The summed E-state index contributed by atoms with van der Waals surface area (Å²) in [6.45, 7) is 3.77. The molecule has 0 atom stereocenters. The van der Waals surface area contributed by atoms with E-state index < -0.39 is 11.9 Å². The Bertz CT molecular complexity index is 1110. The molecule has 0 aliphatic rings. The highest BCUT2D eigenvalue weighted by Crippen LogP contribution is 2.23. The summed E-state index contributed by atoms with van der Waals surface area (Å²) in [6.07, 6.45) is 1.44. The molecule has 6 heteroatoms. The van der Waals surface area contributed by atoms with Crippen LogP contribution >= 0.6 is 0 Å².